The van der Waals surface area contributed by atoms with Gasteiger partial charge >= 0.3 is 6.09 Å². The summed E-state index contributed by atoms with van der Waals surface area (Å²) in [5.41, 5.74) is 5.67. The van der Waals surface area contributed by atoms with Gasteiger partial charge in [0.25, 0.3) is 10.0 Å². The highest BCUT2D eigenvalue weighted by Crippen LogP contribution is 2.41. The topological polar surface area (TPSA) is 111 Å². The standard InChI is InChI=1S/C21H26FN3O5S/c1-13-19(12-23)29-18-10-7-15(24-20(26)30-21(2,3)4)11-17(18)25(13)31(27,28)16-8-5-14(22)6-9-16/h5-11,13,19H,12,23H2,1-4H3,(H,24,26)/t13-,19+/m1/s1. The van der Waals surface area contributed by atoms with Crippen LogP contribution < -0.4 is 20.1 Å². The van der Waals surface area contributed by atoms with Gasteiger partial charge in [-0.15, -0.1) is 0 Å². The van der Waals surface area contributed by atoms with Crippen molar-refractivity contribution in [1.29, 1.82) is 0 Å². The molecule has 10 heteroatoms. The number of carbonyl (C=O) groups excluding carboxylic acids is 1. The van der Waals surface area contributed by atoms with E-state index in [-0.39, 0.29) is 17.1 Å². The van der Waals surface area contributed by atoms with Gasteiger partial charge in [-0.1, -0.05) is 0 Å². The Morgan fingerprint density at radius 1 is 1.23 bits per heavy atom. The number of sulfonamides is 1. The Kier molecular flexibility index (Phi) is 6.15. The summed E-state index contributed by atoms with van der Waals surface area (Å²) in [5.74, 6) is -0.243. The quantitative estimate of drug-likeness (QED) is 0.736. The van der Waals surface area contributed by atoms with Gasteiger partial charge in [-0.3, -0.25) is 9.62 Å². The Hall–Kier alpha value is -2.85. The third kappa shape index (κ3) is 4.91. The van der Waals surface area contributed by atoms with Crippen molar-refractivity contribution in [3.05, 3.63) is 48.3 Å². The molecule has 2 atom stereocenters. The lowest BCUT2D eigenvalue weighted by Crippen LogP contribution is -2.53. The lowest BCUT2D eigenvalue weighted by atomic mass is 10.1. The molecule has 2 aromatic carbocycles. The highest BCUT2D eigenvalue weighted by Gasteiger charge is 2.40. The van der Waals surface area contributed by atoms with E-state index in [4.69, 9.17) is 15.2 Å². The maximum absolute atomic E-state index is 13.4. The first kappa shape index (κ1) is 22.8. The molecule has 8 nitrogen and oxygen atoms in total. The monoisotopic (exact) mass is 451 g/mol. The number of ether oxygens (including phenoxy) is 2. The van der Waals surface area contributed by atoms with Crippen molar-refractivity contribution in [2.45, 2.75) is 50.3 Å². The van der Waals surface area contributed by atoms with Crippen molar-refractivity contribution in [2.24, 2.45) is 5.73 Å². The minimum atomic E-state index is -4.07. The molecule has 1 amide bonds. The Labute approximate surface area is 181 Å². The molecule has 0 unspecified atom stereocenters. The normalized spacial score (nSPS) is 18.7. The average molecular weight is 452 g/mol. The molecule has 0 bridgehead atoms. The fourth-order valence-corrected chi connectivity index (χ4v) is 4.92. The molecule has 0 spiro atoms. The molecule has 2 aromatic rings. The zero-order valence-electron chi connectivity index (χ0n) is 17.8. The van der Waals surface area contributed by atoms with Crippen LogP contribution in [0.4, 0.5) is 20.6 Å². The van der Waals surface area contributed by atoms with Gasteiger partial charge < -0.3 is 15.2 Å². The summed E-state index contributed by atoms with van der Waals surface area (Å²) >= 11 is 0. The van der Waals surface area contributed by atoms with Crippen LogP contribution in [0.3, 0.4) is 0 Å². The average Bonchev–Trinajstić information content (AvgIpc) is 2.66. The van der Waals surface area contributed by atoms with Crippen LogP contribution in [0.1, 0.15) is 27.7 Å². The number of nitrogens with zero attached hydrogens (tertiary/aromatic N) is 1. The summed E-state index contributed by atoms with van der Waals surface area (Å²) in [6, 6.07) is 8.55. The van der Waals surface area contributed by atoms with Gasteiger partial charge in [0.2, 0.25) is 0 Å². The van der Waals surface area contributed by atoms with Crippen LogP contribution in [-0.4, -0.2) is 38.8 Å². The highest BCUT2D eigenvalue weighted by molar-refractivity contribution is 7.92. The molecule has 0 fully saturated rings. The second-order valence-corrected chi connectivity index (χ2v) is 10.0. The van der Waals surface area contributed by atoms with Crippen molar-refractivity contribution in [3.8, 4) is 5.75 Å². The molecule has 1 heterocycles. The van der Waals surface area contributed by atoms with Crippen molar-refractivity contribution < 1.29 is 27.1 Å². The minimum Gasteiger partial charge on any atom is -0.485 e. The van der Waals surface area contributed by atoms with Crippen LogP contribution in [0, 0.1) is 5.82 Å². The zero-order chi connectivity index (χ0) is 23.0. The maximum atomic E-state index is 13.4. The number of carbonyl (C=O) groups is 1. The molecule has 1 aliphatic heterocycles. The number of hydrogen-bond donors (Lipinski definition) is 2. The van der Waals surface area contributed by atoms with Crippen LogP contribution >= 0.6 is 0 Å². The van der Waals surface area contributed by atoms with Crippen molar-refractivity contribution in [1.82, 2.24) is 0 Å². The lowest BCUT2D eigenvalue weighted by molar-refractivity contribution is 0.0636. The van der Waals surface area contributed by atoms with Crippen molar-refractivity contribution in [3.63, 3.8) is 0 Å². The first-order valence-electron chi connectivity index (χ1n) is 9.73. The molecule has 0 saturated heterocycles. The number of hydrogen-bond acceptors (Lipinski definition) is 6. The number of anilines is 2. The summed E-state index contributed by atoms with van der Waals surface area (Å²) < 4.78 is 52.6. The summed E-state index contributed by atoms with van der Waals surface area (Å²) in [7, 11) is -4.07. The summed E-state index contributed by atoms with van der Waals surface area (Å²) in [4.78, 5) is 12.1. The minimum absolute atomic E-state index is 0.0742. The number of rotatable bonds is 4. The third-order valence-electron chi connectivity index (χ3n) is 4.63. The molecule has 31 heavy (non-hydrogen) atoms. The summed E-state index contributed by atoms with van der Waals surface area (Å²) in [5, 5.41) is 2.60. The fraction of sp³-hybridized carbons (Fsp3) is 0.381. The fourth-order valence-electron chi connectivity index (χ4n) is 3.23. The van der Waals surface area contributed by atoms with E-state index in [1.54, 1.807) is 39.8 Å². The van der Waals surface area contributed by atoms with E-state index in [0.29, 0.717) is 11.4 Å². The van der Waals surface area contributed by atoms with E-state index in [2.05, 4.69) is 5.32 Å². The molecule has 3 rings (SSSR count). The van der Waals surface area contributed by atoms with E-state index >= 15 is 0 Å². The van der Waals surface area contributed by atoms with Crippen LogP contribution in [0.2, 0.25) is 0 Å². The molecule has 168 valence electrons. The number of nitrogens with one attached hydrogen (secondary N) is 1. The van der Waals surface area contributed by atoms with Crippen molar-refractivity contribution in [2.75, 3.05) is 16.2 Å². The number of halogens is 1. The van der Waals surface area contributed by atoms with Crippen LogP contribution in [0.5, 0.6) is 5.75 Å². The number of amides is 1. The van der Waals surface area contributed by atoms with Gasteiger partial charge in [0.05, 0.1) is 16.6 Å². The SMILES string of the molecule is C[C@@H]1[C@H](CN)Oc2ccc(NC(=O)OC(C)(C)C)cc2N1S(=O)(=O)c1ccc(F)cc1. The van der Waals surface area contributed by atoms with Crippen LogP contribution in [-0.2, 0) is 14.8 Å². The number of benzene rings is 2. The predicted molar refractivity (Wildman–Crippen MR) is 115 cm³/mol. The Morgan fingerprint density at radius 2 is 1.87 bits per heavy atom. The molecule has 0 aliphatic carbocycles. The van der Waals surface area contributed by atoms with Gasteiger partial charge in [0, 0.05) is 12.2 Å². The van der Waals surface area contributed by atoms with E-state index in [1.165, 1.54) is 22.5 Å². The Morgan fingerprint density at radius 3 is 2.45 bits per heavy atom. The Balaban J connectivity index is 2.04. The molecule has 3 N–H and O–H groups in total. The summed E-state index contributed by atoms with van der Waals surface area (Å²) in [6.07, 6.45) is -1.27. The van der Waals surface area contributed by atoms with Gasteiger partial charge in [0.15, 0.2) is 0 Å². The van der Waals surface area contributed by atoms with Gasteiger partial charge in [-0.25, -0.2) is 17.6 Å². The molecule has 0 saturated carbocycles. The van der Waals surface area contributed by atoms with E-state index in [9.17, 15) is 17.6 Å². The van der Waals surface area contributed by atoms with Crippen LogP contribution in [0.15, 0.2) is 47.4 Å². The molecular formula is C21H26FN3O5S. The van der Waals surface area contributed by atoms with E-state index in [0.717, 1.165) is 12.1 Å². The molecule has 0 aromatic heterocycles. The summed E-state index contributed by atoms with van der Waals surface area (Å²) in [6.45, 7) is 6.97. The molecule has 0 radical (unpaired) electrons. The zero-order valence-corrected chi connectivity index (χ0v) is 18.6. The largest absolute Gasteiger partial charge is 0.485 e. The van der Waals surface area contributed by atoms with Gasteiger partial charge in [-0.2, -0.15) is 0 Å². The Bertz CT molecular complexity index is 1070. The second kappa shape index (κ2) is 8.35. The number of nitrogens with two attached hydrogens (primary N) is 1. The van der Waals surface area contributed by atoms with E-state index in [1.807, 2.05) is 0 Å². The molecule has 1 aliphatic rings. The number of fused-ring (bicyclic) bond motifs is 1. The second-order valence-electron chi connectivity index (χ2n) is 8.20. The van der Waals surface area contributed by atoms with Crippen LogP contribution in [0.25, 0.3) is 0 Å². The maximum Gasteiger partial charge on any atom is 0.412 e. The van der Waals surface area contributed by atoms with Gasteiger partial charge in [0.1, 0.15) is 23.3 Å². The lowest BCUT2D eigenvalue weighted by Gasteiger charge is -2.40. The van der Waals surface area contributed by atoms with Crippen molar-refractivity contribution >= 4 is 27.5 Å². The predicted octanol–water partition coefficient (Wildman–Crippen LogP) is 3.48. The highest BCUT2D eigenvalue weighted by atomic mass is 32.2. The van der Waals surface area contributed by atoms with E-state index < -0.39 is 39.7 Å². The first-order chi connectivity index (χ1) is 14.4. The third-order valence-corrected chi connectivity index (χ3v) is 6.55. The first-order valence-corrected chi connectivity index (χ1v) is 11.2. The smallest absolute Gasteiger partial charge is 0.412 e. The molecular weight excluding hydrogens is 425 g/mol. The van der Waals surface area contributed by atoms with Gasteiger partial charge in [-0.05, 0) is 70.2 Å².